The summed E-state index contributed by atoms with van der Waals surface area (Å²) >= 11 is 4.26. The number of benzene rings is 1. The summed E-state index contributed by atoms with van der Waals surface area (Å²) in [5.41, 5.74) is 8.41. The molecule has 3 fully saturated rings. The largest absolute Gasteiger partial charge is 0.454 e. The fourth-order valence-corrected chi connectivity index (χ4v) is 7.04. The number of nitrogens with one attached hydrogen (secondary N) is 2. The SMILES string of the molecule is c1cc2c(cc1C1NNC3CCN(C4CSCCSC4)CC31)OCO2. The minimum absolute atomic E-state index is 0.339. The summed E-state index contributed by atoms with van der Waals surface area (Å²) in [7, 11) is 0. The quantitative estimate of drug-likeness (QED) is 0.816. The van der Waals surface area contributed by atoms with Crippen LogP contribution in [-0.2, 0) is 0 Å². The molecule has 3 atom stereocenters. The summed E-state index contributed by atoms with van der Waals surface area (Å²) in [6.45, 7) is 2.73. The predicted molar refractivity (Wildman–Crippen MR) is 103 cm³/mol. The predicted octanol–water partition coefficient (Wildman–Crippen LogP) is 2.10. The van der Waals surface area contributed by atoms with Gasteiger partial charge in [-0.05, 0) is 24.1 Å². The van der Waals surface area contributed by atoms with Gasteiger partial charge in [-0.1, -0.05) is 6.07 Å². The van der Waals surface area contributed by atoms with Crippen molar-refractivity contribution in [3.63, 3.8) is 0 Å². The molecular formula is C18H25N3O2S2. The smallest absolute Gasteiger partial charge is 0.231 e. The number of likely N-dealkylation sites (tertiary alicyclic amines) is 1. The number of thioether (sulfide) groups is 2. The summed E-state index contributed by atoms with van der Waals surface area (Å²) in [4.78, 5) is 2.75. The number of rotatable bonds is 2. The molecule has 7 heteroatoms. The molecule has 136 valence electrons. The molecule has 5 rings (SSSR count). The van der Waals surface area contributed by atoms with Gasteiger partial charge >= 0.3 is 0 Å². The first-order chi connectivity index (χ1) is 12.4. The van der Waals surface area contributed by atoms with Crippen LogP contribution in [0.2, 0.25) is 0 Å². The molecular weight excluding hydrogens is 354 g/mol. The van der Waals surface area contributed by atoms with Crippen molar-refractivity contribution >= 4 is 23.5 Å². The maximum absolute atomic E-state index is 5.58. The van der Waals surface area contributed by atoms with Crippen LogP contribution in [0, 0.1) is 5.92 Å². The van der Waals surface area contributed by atoms with E-state index in [1.807, 2.05) is 6.07 Å². The average Bonchev–Trinajstić information content (AvgIpc) is 3.19. The molecule has 4 heterocycles. The minimum atomic E-state index is 0.339. The fraction of sp³-hybridized carbons (Fsp3) is 0.667. The van der Waals surface area contributed by atoms with Crippen molar-refractivity contribution < 1.29 is 9.47 Å². The van der Waals surface area contributed by atoms with Crippen molar-refractivity contribution in [2.24, 2.45) is 5.92 Å². The minimum Gasteiger partial charge on any atom is -0.454 e. The van der Waals surface area contributed by atoms with Crippen LogP contribution in [0.5, 0.6) is 11.5 Å². The van der Waals surface area contributed by atoms with E-state index < -0.39 is 0 Å². The summed E-state index contributed by atoms with van der Waals surface area (Å²) in [6, 6.07) is 8.03. The first kappa shape index (κ1) is 16.6. The number of nitrogens with zero attached hydrogens (tertiary/aromatic N) is 1. The van der Waals surface area contributed by atoms with E-state index in [1.54, 1.807) is 0 Å². The van der Waals surface area contributed by atoms with Crippen molar-refractivity contribution in [2.75, 3.05) is 42.9 Å². The number of hydrogen-bond acceptors (Lipinski definition) is 7. The average molecular weight is 380 g/mol. The third kappa shape index (κ3) is 3.25. The molecule has 1 aromatic rings. The van der Waals surface area contributed by atoms with Crippen molar-refractivity contribution in [1.29, 1.82) is 0 Å². The second-order valence-corrected chi connectivity index (χ2v) is 9.54. The van der Waals surface area contributed by atoms with Crippen LogP contribution >= 0.6 is 23.5 Å². The van der Waals surface area contributed by atoms with Crippen LogP contribution < -0.4 is 20.3 Å². The molecule has 0 saturated carbocycles. The monoisotopic (exact) mass is 379 g/mol. The Morgan fingerprint density at radius 1 is 1.04 bits per heavy atom. The molecule has 3 unspecified atom stereocenters. The maximum atomic E-state index is 5.58. The van der Waals surface area contributed by atoms with Gasteiger partial charge < -0.3 is 9.47 Å². The highest BCUT2D eigenvalue weighted by Gasteiger charge is 2.42. The van der Waals surface area contributed by atoms with E-state index in [0.717, 1.165) is 17.5 Å². The van der Waals surface area contributed by atoms with Crippen molar-refractivity contribution in [1.82, 2.24) is 15.8 Å². The molecule has 0 spiro atoms. The molecule has 0 bridgehead atoms. The first-order valence-electron chi connectivity index (χ1n) is 9.18. The highest BCUT2D eigenvalue weighted by Crippen LogP contribution is 2.39. The molecule has 2 N–H and O–H groups in total. The standard InChI is InChI=1S/C18H25N3O2S2/c1-2-16-17(23-11-22-16)7-12(1)18-14-8-21(4-3-15(14)19-20-18)13-9-24-5-6-25-10-13/h1-2,7,13-15,18-20H,3-6,8-11H2. The van der Waals surface area contributed by atoms with Crippen molar-refractivity contribution in [3.05, 3.63) is 23.8 Å². The van der Waals surface area contributed by atoms with E-state index in [2.05, 4.69) is 51.4 Å². The van der Waals surface area contributed by atoms with E-state index in [0.29, 0.717) is 24.8 Å². The van der Waals surface area contributed by atoms with Crippen molar-refractivity contribution in [3.8, 4) is 11.5 Å². The molecule has 25 heavy (non-hydrogen) atoms. The Morgan fingerprint density at radius 2 is 1.88 bits per heavy atom. The van der Waals surface area contributed by atoms with Gasteiger partial charge in [0.05, 0.1) is 6.04 Å². The molecule has 4 aliphatic rings. The Balaban J connectivity index is 1.33. The van der Waals surface area contributed by atoms with E-state index in [-0.39, 0.29) is 0 Å². The lowest BCUT2D eigenvalue weighted by Crippen LogP contribution is -2.50. The molecule has 3 saturated heterocycles. The maximum Gasteiger partial charge on any atom is 0.231 e. The molecule has 5 nitrogen and oxygen atoms in total. The Kier molecular flexibility index (Phi) is 4.77. The Morgan fingerprint density at radius 3 is 2.76 bits per heavy atom. The zero-order chi connectivity index (χ0) is 16.6. The van der Waals surface area contributed by atoms with Gasteiger partial charge in [-0.15, -0.1) is 0 Å². The summed E-state index contributed by atoms with van der Waals surface area (Å²) < 4.78 is 11.0. The van der Waals surface area contributed by atoms with Gasteiger partial charge in [-0.3, -0.25) is 10.3 Å². The van der Waals surface area contributed by atoms with Crippen LogP contribution in [0.3, 0.4) is 0 Å². The first-order valence-corrected chi connectivity index (χ1v) is 11.5. The lowest BCUT2D eigenvalue weighted by atomic mass is 9.84. The molecule has 0 aromatic heterocycles. The van der Waals surface area contributed by atoms with Gasteiger partial charge in [0.2, 0.25) is 6.79 Å². The highest BCUT2D eigenvalue weighted by molar-refractivity contribution is 8.03. The number of piperidine rings is 1. The Bertz CT molecular complexity index is 624. The van der Waals surface area contributed by atoms with Crippen LogP contribution in [0.1, 0.15) is 18.0 Å². The van der Waals surface area contributed by atoms with Crippen LogP contribution in [0.25, 0.3) is 0 Å². The lowest BCUT2D eigenvalue weighted by molar-refractivity contribution is 0.128. The third-order valence-corrected chi connectivity index (χ3v) is 8.29. The lowest BCUT2D eigenvalue weighted by Gasteiger charge is -2.40. The van der Waals surface area contributed by atoms with Gasteiger partial charge in [-0.2, -0.15) is 23.5 Å². The Labute approximate surface area is 157 Å². The molecule has 0 radical (unpaired) electrons. The fourth-order valence-electron chi connectivity index (χ4n) is 4.41. The number of ether oxygens (including phenoxy) is 2. The van der Waals surface area contributed by atoms with E-state index in [1.165, 1.54) is 48.1 Å². The number of hydrazine groups is 1. The van der Waals surface area contributed by atoms with Crippen LogP contribution in [-0.4, -0.2) is 59.9 Å². The third-order valence-electron chi connectivity index (χ3n) is 5.81. The summed E-state index contributed by atoms with van der Waals surface area (Å²) in [5, 5.41) is 0. The topological polar surface area (TPSA) is 45.8 Å². The molecule has 1 aromatic carbocycles. The Hall–Kier alpha value is -0.600. The normalized spacial score (nSPS) is 33.2. The molecule has 0 amide bonds. The van der Waals surface area contributed by atoms with Gasteiger partial charge in [0.15, 0.2) is 11.5 Å². The molecule has 0 aliphatic carbocycles. The highest BCUT2D eigenvalue weighted by atomic mass is 32.2. The molecule has 4 aliphatic heterocycles. The van der Waals surface area contributed by atoms with E-state index in [9.17, 15) is 0 Å². The van der Waals surface area contributed by atoms with Gasteiger partial charge in [0.25, 0.3) is 0 Å². The summed E-state index contributed by atoms with van der Waals surface area (Å²) in [6.07, 6.45) is 1.23. The van der Waals surface area contributed by atoms with Gasteiger partial charge in [0, 0.05) is 54.1 Å². The zero-order valence-electron chi connectivity index (χ0n) is 14.3. The number of hydrogen-bond donors (Lipinski definition) is 2. The van der Waals surface area contributed by atoms with Crippen LogP contribution in [0.4, 0.5) is 0 Å². The van der Waals surface area contributed by atoms with E-state index >= 15 is 0 Å². The second-order valence-electron chi connectivity index (χ2n) is 7.24. The van der Waals surface area contributed by atoms with Gasteiger partial charge in [0.1, 0.15) is 0 Å². The summed E-state index contributed by atoms with van der Waals surface area (Å²) in [5.74, 6) is 7.55. The second kappa shape index (κ2) is 7.19. The van der Waals surface area contributed by atoms with Crippen molar-refractivity contribution in [2.45, 2.75) is 24.5 Å². The zero-order valence-corrected chi connectivity index (χ0v) is 15.9. The van der Waals surface area contributed by atoms with Crippen LogP contribution in [0.15, 0.2) is 18.2 Å². The van der Waals surface area contributed by atoms with E-state index in [4.69, 9.17) is 9.47 Å². The number of fused-ring (bicyclic) bond motifs is 2. The van der Waals surface area contributed by atoms with Gasteiger partial charge in [-0.25, -0.2) is 5.43 Å².